The van der Waals surface area contributed by atoms with Gasteiger partial charge in [-0.3, -0.25) is 14.4 Å². The van der Waals surface area contributed by atoms with Crippen LogP contribution in [-0.2, 0) is 20.9 Å². The standard InChI is InChI=1S/C15H13Cl2N3O4S/c1-8(21)19-15-20-10(7-25-15)6-24-13(22)5-18-14(23)11-3-2-9(16)4-12(11)17/h2-4,7H,5-6H2,1H3,(H,18,23)(H,19,20,21). The average molecular weight is 402 g/mol. The van der Waals surface area contributed by atoms with Crippen LogP contribution in [0, 0.1) is 0 Å². The summed E-state index contributed by atoms with van der Waals surface area (Å²) in [6.07, 6.45) is 0. The van der Waals surface area contributed by atoms with Gasteiger partial charge in [-0.15, -0.1) is 11.3 Å². The van der Waals surface area contributed by atoms with Crippen molar-refractivity contribution in [1.82, 2.24) is 10.3 Å². The van der Waals surface area contributed by atoms with E-state index in [-0.39, 0.29) is 29.6 Å². The van der Waals surface area contributed by atoms with Gasteiger partial charge in [0.1, 0.15) is 13.2 Å². The fraction of sp³-hybridized carbons (Fsp3) is 0.200. The molecule has 0 radical (unpaired) electrons. The van der Waals surface area contributed by atoms with Crippen molar-refractivity contribution in [3.8, 4) is 0 Å². The monoisotopic (exact) mass is 401 g/mol. The summed E-state index contributed by atoms with van der Waals surface area (Å²) < 4.78 is 5.01. The minimum atomic E-state index is -0.632. The van der Waals surface area contributed by atoms with Crippen LogP contribution in [0.2, 0.25) is 10.0 Å². The van der Waals surface area contributed by atoms with Crippen molar-refractivity contribution in [2.75, 3.05) is 11.9 Å². The fourth-order valence-corrected chi connectivity index (χ4v) is 2.94. The third-order valence-electron chi connectivity index (χ3n) is 2.78. The second-order valence-electron chi connectivity index (χ2n) is 4.79. The zero-order chi connectivity index (χ0) is 18.4. The van der Waals surface area contributed by atoms with Crippen LogP contribution in [0.25, 0.3) is 0 Å². The Morgan fingerprint density at radius 1 is 1.28 bits per heavy atom. The van der Waals surface area contributed by atoms with E-state index >= 15 is 0 Å². The number of halogens is 2. The molecule has 7 nitrogen and oxygen atoms in total. The molecule has 0 aliphatic heterocycles. The minimum Gasteiger partial charge on any atom is -0.458 e. The molecule has 132 valence electrons. The lowest BCUT2D eigenvalue weighted by Crippen LogP contribution is -2.30. The van der Waals surface area contributed by atoms with Crippen molar-refractivity contribution in [2.24, 2.45) is 0 Å². The lowest BCUT2D eigenvalue weighted by Gasteiger charge is -2.07. The second kappa shape index (κ2) is 8.80. The highest BCUT2D eigenvalue weighted by atomic mass is 35.5. The smallest absolute Gasteiger partial charge is 0.325 e. The first-order valence-electron chi connectivity index (χ1n) is 6.96. The predicted octanol–water partition coefficient (Wildman–Crippen LogP) is 2.88. The Balaban J connectivity index is 1.79. The summed E-state index contributed by atoms with van der Waals surface area (Å²) in [4.78, 5) is 38.6. The van der Waals surface area contributed by atoms with E-state index in [9.17, 15) is 14.4 Å². The van der Waals surface area contributed by atoms with Crippen LogP contribution in [0.1, 0.15) is 23.0 Å². The fourth-order valence-electron chi connectivity index (χ4n) is 1.71. The second-order valence-corrected chi connectivity index (χ2v) is 6.49. The number of thiazole rings is 1. The number of hydrogen-bond donors (Lipinski definition) is 2. The molecule has 0 spiro atoms. The van der Waals surface area contributed by atoms with E-state index in [0.29, 0.717) is 15.8 Å². The van der Waals surface area contributed by atoms with Crippen molar-refractivity contribution >= 4 is 57.5 Å². The quantitative estimate of drug-likeness (QED) is 0.725. The molecule has 25 heavy (non-hydrogen) atoms. The average Bonchev–Trinajstić information content (AvgIpc) is 2.97. The minimum absolute atomic E-state index is 0.0630. The van der Waals surface area contributed by atoms with Crippen molar-refractivity contribution < 1.29 is 19.1 Å². The summed E-state index contributed by atoms with van der Waals surface area (Å²) in [5, 5.41) is 7.61. The van der Waals surface area contributed by atoms with E-state index in [1.54, 1.807) is 5.38 Å². The van der Waals surface area contributed by atoms with Gasteiger partial charge in [-0.25, -0.2) is 4.98 Å². The first-order chi connectivity index (χ1) is 11.8. The molecule has 1 heterocycles. The number of carbonyl (C=O) groups excluding carboxylic acids is 3. The van der Waals surface area contributed by atoms with Gasteiger partial charge < -0.3 is 15.4 Å². The van der Waals surface area contributed by atoms with Crippen LogP contribution in [0.4, 0.5) is 5.13 Å². The maximum absolute atomic E-state index is 12.0. The molecule has 2 amide bonds. The van der Waals surface area contributed by atoms with Crippen LogP contribution in [0.3, 0.4) is 0 Å². The van der Waals surface area contributed by atoms with Crippen LogP contribution < -0.4 is 10.6 Å². The van der Waals surface area contributed by atoms with Crippen molar-refractivity contribution in [1.29, 1.82) is 0 Å². The molecule has 0 aliphatic rings. The molecule has 0 fully saturated rings. The summed E-state index contributed by atoms with van der Waals surface area (Å²) in [6, 6.07) is 4.42. The summed E-state index contributed by atoms with van der Waals surface area (Å²) in [5.74, 6) is -1.38. The number of carbonyl (C=O) groups is 3. The third-order valence-corrected chi connectivity index (χ3v) is 4.14. The highest BCUT2D eigenvalue weighted by molar-refractivity contribution is 7.13. The summed E-state index contributed by atoms with van der Waals surface area (Å²) >= 11 is 12.9. The Morgan fingerprint density at radius 3 is 2.72 bits per heavy atom. The molecule has 2 aromatic rings. The number of hydrogen-bond acceptors (Lipinski definition) is 6. The first-order valence-corrected chi connectivity index (χ1v) is 8.59. The molecule has 0 bridgehead atoms. The van der Waals surface area contributed by atoms with Gasteiger partial charge in [-0.1, -0.05) is 23.2 Å². The predicted molar refractivity (Wildman–Crippen MR) is 95.0 cm³/mol. The summed E-state index contributed by atoms with van der Waals surface area (Å²) in [7, 11) is 0. The van der Waals surface area contributed by atoms with E-state index in [2.05, 4.69) is 15.6 Å². The number of benzene rings is 1. The molecular weight excluding hydrogens is 389 g/mol. The van der Waals surface area contributed by atoms with Crippen molar-refractivity contribution in [2.45, 2.75) is 13.5 Å². The largest absolute Gasteiger partial charge is 0.458 e. The van der Waals surface area contributed by atoms with E-state index in [1.807, 2.05) is 0 Å². The lowest BCUT2D eigenvalue weighted by atomic mass is 10.2. The van der Waals surface area contributed by atoms with Crippen molar-refractivity contribution in [3.05, 3.63) is 44.9 Å². The normalized spacial score (nSPS) is 10.2. The number of rotatable bonds is 6. The number of nitrogens with one attached hydrogen (secondary N) is 2. The Morgan fingerprint density at radius 2 is 2.04 bits per heavy atom. The Hall–Kier alpha value is -2.16. The molecule has 0 atom stereocenters. The maximum Gasteiger partial charge on any atom is 0.325 e. The van der Waals surface area contributed by atoms with Gasteiger partial charge in [0, 0.05) is 17.3 Å². The number of esters is 1. The van der Waals surface area contributed by atoms with Gasteiger partial charge in [-0.05, 0) is 18.2 Å². The zero-order valence-electron chi connectivity index (χ0n) is 13.0. The highest BCUT2D eigenvalue weighted by Crippen LogP contribution is 2.20. The number of ether oxygens (including phenoxy) is 1. The molecule has 2 rings (SSSR count). The molecule has 0 saturated carbocycles. The van der Waals surface area contributed by atoms with E-state index in [0.717, 1.165) is 0 Å². The van der Waals surface area contributed by atoms with Gasteiger partial charge in [-0.2, -0.15) is 0 Å². The molecule has 0 unspecified atom stereocenters. The first kappa shape index (κ1) is 19.2. The highest BCUT2D eigenvalue weighted by Gasteiger charge is 2.13. The third kappa shape index (κ3) is 6.00. The van der Waals surface area contributed by atoms with Gasteiger partial charge in [0.05, 0.1) is 16.3 Å². The topological polar surface area (TPSA) is 97.4 Å². The van der Waals surface area contributed by atoms with E-state index < -0.39 is 11.9 Å². The maximum atomic E-state index is 12.0. The molecule has 2 N–H and O–H groups in total. The number of nitrogens with zero attached hydrogens (tertiary/aromatic N) is 1. The Labute approximate surface area is 157 Å². The van der Waals surface area contributed by atoms with E-state index in [1.165, 1.54) is 36.5 Å². The molecule has 0 aliphatic carbocycles. The van der Waals surface area contributed by atoms with Gasteiger partial charge in [0.15, 0.2) is 5.13 Å². The Bertz CT molecular complexity index is 810. The van der Waals surface area contributed by atoms with Crippen LogP contribution >= 0.6 is 34.5 Å². The van der Waals surface area contributed by atoms with Gasteiger partial charge in [0.2, 0.25) is 5.91 Å². The summed E-state index contributed by atoms with van der Waals surface area (Å²) in [6.45, 7) is 0.990. The van der Waals surface area contributed by atoms with Crippen molar-refractivity contribution in [3.63, 3.8) is 0 Å². The molecule has 1 aromatic heterocycles. The van der Waals surface area contributed by atoms with Crippen LogP contribution in [-0.4, -0.2) is 29.3 Å². The number of amides is 2. The molecule has 10 heteroatoms. The summed E-state index contributed by atoms with van der Waals surface area (Å²) in [5.41, 5.74) is 0.701. The molecule has 1 aromatic carbocycles. The van der Waals surface area contributed by atoms with Gasteiger partial charge >= 0.3 is 5.97 Å². The number of aromatic nitrogens is 1. The van der Waals surface area contributed by atoms with Crippen LogP contribution in [0.5, 0.6) is 0 Å². The number of anilines is 1. The SMILES string of the molecule is CC(=O)Nc1nc(COC(=O)CNC(=O)c2ccc(Cl)cc2Cl)cs1. The molecular formula is C15H13Cl2N3O4S. The van der Waals surface area contributed by atoms with Gasteiger partial charge in [0.25, 0.3) is 5.91 Å². The van der Waals surface area contributed by atoms with Crippen LogP contribution in [0.15, 0.2) is 23.6 Å². The Kier molecular flexibility index (Phi) is 6.74. The zero-order valence-corrected chi connectivity index (χ0v) is 15.3. The van der Waals surface area contributed by atoms with E-state index in [4.69, 9.17) is 27.9 Å². The molecule has 0 saturated heterocycles. The lowest BCUT2D eigenvalue weighted by molar-refractivity contribution is -0.143.